The van der Waals surface area contributed by atoms with E-state index in [4.69, 9.17) is 19.3 Å². The highest BCUT2D eigenvalue weighted by molar-refractivity contribution is 5.92. The molecule has 0 aliphatic carbocycles. The molecule has 0 aromatic heterocycles. The van der Waals surface area contributed by atoms with Gasteiger partial charge in [-0.3, -0.25) is 9.59 Å². The first-order valence-corrected chi connectivity index (χ1v) is 14.7. The van der Waals surface area contributed by atoms with Crippen molar-refractivity contribution in [3.8, 4) is 0 Å². The van der Waals surface area contributed by atoms with Crippen molar-refractivity contribution >= 4 is 24.0 Å². The number of nitrogens with zero attached hydrogens (tertiary/aromatic N) is 1. The minimum atomic E-state index is -4.57. The zero-order valence-electron chi connectivity index (χ0n) is 26.1. The molecule has 0 aliphatic heterocycles. The topological polar surface area (TPSA) is 156 Å². The minimum Gasteiger partial charge on any atom is -0.465 e. The number of alkyl halides is 3. The molecule has 0 saturated carbocycles. The summed E-state index contributed by atoms with van der Waals surface area (Å²) in [5.41, 5.74) is 0.0777. The van der Waals surface area contributed by atoms with Gasteiger partial charge in [0.1, 0.15) is 18.7 Å². The van der Waals surface area contributed by atoms with Crippen LogP contribution in [0.3, 0.4) is 0 Å². The van der Waals surface area contributed by atoms with Gasteiger partial charge >= 0.3 is 18.4 Å². The van der Waals surface area contributed by atoms with E-state index in [0.29, 0.717) is 24.3 Å². The van der Waals surface area contributed by atoms with E-state index in [0.717, 1.165) is 12.1 Å². The Balaban J connectivity index is 2.35. The molecular weight excluding hydrogens is 613 g/mol. The van der Waals surface area contributed by atoms with E-state index < -0.39 is 66.7 Å². The van der Waals surface area contributed by atoms with E-state index in [2.05, 4.69) is 10.6 Å². The Morgan fingerprint density at radius 2 is 1.48 bits per heavy atom. The van der Waals surface area contributed by atoms with Crippen LogP contribution in [-0.2, 0) is 43.0 Å². The molecule has 12 nitrogen and oxygen atoms in total. The lowest BCUT2D eigenvalue weighted by atomic mass is 10.0. The Kier molecular flexibility index (Phi) is 15.3. The molecule has 4 amide bonds. The summed E-state index contributed by atoms with van der Waals surface area (Å²) in [4.78, 5) is 52.6. The van der Waals surface area contributed by atoms with Crippen molar-refractivity contribution in [3.63, 3.8) is 0 Å². The molecule has 2 atom stereocenters. The Bertz CT molecular complexity index is 1260. The molecule has 4 N–H and O–H groups in total. The molecule has 46 heavy (non-hydrogen) atoms. The Hall–Kier alpha value is -4.37. The number of rotatable bonds is 17. The van der Waals surface area contributed by atoms with Crippen LogP contribution in [0.25, 0.3) is 0 Å². The molecule has 2 aromatic rings. The smallest absolute Gasteiger partial charge is 0.416 e. The fourth-order valence-corrected chi connectivity index (χ4v) is 4.28. The lowest BCUT2D eigenvalue weighted by molar-refractivity contribution is -0.163. The van der Waals surface area contributed by atoms with Crippen LogP contribution in [0.1, 0.15) is 44.4 Å². The summed E-state index contributed by atoms with van der Waals surface area (Å²) in [6.07, 6.45) is -8.09. The number of hydrogen-bond donors (Lipinski definition) is 4. The number of nitrogens with one attached hydrogen (secondary N) is 3. The third kappa shape index (κ3) is 12.9. The number of ether oxygens (including phenoxy) is 3. The average Bonchev–Trinajstić information content (AvgIpc) is 3.00. The van der Waals surface area contributed by atoms with Crippen molar-refractivity contribution in [2.24, 2.45) is 0 Å². The molecule has 0 saturated heterocycles. The lowest BCUT2D eigenvalue weighted by Crippen LogP contribution is -2.59. The average molecular weight is 655 g/mol. The zero-order valence-corrected chi connectivity index (χ0v) is 26.1. The number of alkyl carbamates (subject to hydrolysis) is 1. The maximum Gasteiger partial charge on any atom is 0.416 e. The molecule has 0 bridgehead atoms. The van der Waals surface area contributed by atoms with Crippen molar-refractivity contribution in [2.75, 3.05) is 26.3 Å². The number of carbonyl (C=O) groups is 4. The number of hydrogen-bond acceptors (Lipinski definition) is 7. The quantitative estimate of drug-likeness (QED) is 0.187. The van der Waals surface area contributed by atoms with Crippen LogP contribution in [0.2, 0.25) is 0 Å². The van der Waals surface area contributed by atoms with Gasteiger partial charge in [0.25, 0.3) is 0 Å². The molecule has 0 fully saturated rings. The van der Waals surface area contributed by atoms with Crippen LogP contribution < -0.4 is 16.0 Å². The van der Waals surface area contributed by atoms with E-state index in [1.807, 2.05) is 5.32 Å². The largest absolute Gasteiger partial charge is 0.465 e. The third-order valence-electron chi connectivity index (χ3n) is 6.57. The number of carbonyl (C=O) groups excluding carboxylic acids is 3. The molecule has 0 radical (unpaired) electrons. The van der Waals surface area contributed by atoms with Crippen molar-refractivity contribution in [3.05, 3.63) is 71.3 Å². The van der Waals surface area contributed by atoms with Crippen LogP contribution >= 0.6 is 0 Å². The standard InChI is InChI=1S/C31H41F3N4O8/c1-5-44-26(45-6-2)18-38(20(3)4)28(40)24(16-21-12-14-23(15-13-21)31(32,33)34)36-27(39)25(17-35-29(41)42)37-30(43)46-19-22-10-8-7-9-11-22/h7-15,20,24-26,35H,5-6,16-19H2,1-4H3,(H,36,39)(H,37,43)(H,41,42). The van der Waals surface area contributed by atoms with Crippen LogP contribution in [0.4, 0.5) is 22.8 Å². The highest BCUT2D eigenvalue weighted by Gasteiger charge is 2.34. The van der Waals surface area contributed by atoms with Crippen molar-refractivity contribution in [1.29, 1.82) is 0 Å². The molecule has 15 heteroatoms. The summed E-state index contributed by atoms with van der Waals surface area (Å²) in [6, 6.07) is 9.52. The summed E-state index contributed by atoms with van der Waals surface area (Å²) in [5.74, 6) is -1.55. The van der Waals surface area contributed by atoms with Crippen LogP contribution in [0, 0.1) is 0 Å². The predicted molar refractivity (Wildman–Crippen MR) is 161 cm³/mol. The first kappa shape index (κ1) is 37.8. The second kappa shape index (κ2) is 18.6. The van der Waals surface area contributed by atoms with E-state index in [9.17, 15) is 32.3 Å². The fraction of sp³-hybridized carbons (Fsp3) is 0.484. The molecule has 0 heterocycles. The van der Waals surface area contributed by atoms with Crippen molar-refractivity contribution in [2.45, 2.75) is 71.3 Å². The predicted octanol–water partition coefficient (Wildman–Crippen LogP) is 3.93. The number of amides is 4. The summed E-state index contributed by atoms with van der Waals surface area (Å²) in [5, 5.41) is 16.0. The minimum absolute atomic E-state index is 0.0222. The Labute approximate surface area is 265 Å². The van der Waals surface area contributed by atoms with E-state index in [1.165, 1.54) is 17.0 Å². The van der Waals surface area contributed by atoms with Gasteiger partial charge in [0.05, 0.1) is 18.7 Å². The van der Waals surface area contributed by atoms with Gasteiger partial charge in [-0.05, 0) is 51.0 Å². The van der Waals surface area contributed by atoms with Crippen molar-refractivity contribution in [1.82, 2.24) is 20.9 Å². The molecule has 2 aromatic carbocycles. The number of halogens is 3. The van der Waals surface area contributed by atoms with Gasteiger partial charge in [0, 0.05) is 25.7 Å². The summed E-state index contributed by atoms with van der Waals surface area (Å²) >= 11 is 0. The van der Waals surface area contributed by atoms with Crippen molar-refractivity contribution < 1.29 is 51.7 Å². The van der Waals surface area contributed by atoms with Gasteiger partial charge in [-0.2, -0.15) is 13.2 Å². The van der Waals surface area contributed by atoms with Gasteiger partial charge in [-0.1, -0.05) is 42.5 Å². The lowest BCUT2D eigenvalue weighted by Gasteiger charge is -2.34. The third-order valence-corrected chi connectivity index (χ3v) is 6.57. The first-order chi connectivity index (χ1) is 21.7. The highest BCUT2D eigenvalue weighted by atomic mass is 19.4. The second-order valence-electron chi connectivity index (χ2n) is 10.3. The highest BCUT2D eigenvalue weighted by Crippen LogP contribution is 2.29. The Morgan fingerprint density at radius 1 is 0.870 bits per heavy atom. The van der Waals surface area contributed by atoms with E-state index >= 15 is 0 Å². The summed E-state index contributed by atoms with van der Waals surface area (Å²) < 4.78 is 55.8. The van der Waals surface area contributed by atoms with Crippen LogP contribution in [0.5, 0.6) is 0 Å². The van der Waals surface area contributed by atoms with Crippen LogP contribution in [0.15, 0.2) is 54.6 Å². The SMILES string of the molecule is CCOC(CN(C(=O)C(Cc1ccc(C(F)(F)F)cc1)NC(=O)C(CNC(=O)O)NC(=O)OCc1ccccc1)C(C)C)OCC. The maximum atomic E-state index is 14.0. The molecular formula is C31H41F3N4O8. The van der Waals surface area contributed by atoms with Crippen LogP contribution in [-0.4, -0.2) is 84.7 Å². The van der Waals surface area contributed by atoms with Gasteiger partial charge in [-0.25, -0.2) is 9.59 Å². The molecule has 2 rings (SSSR count). The molecule has 2 unspecified atom stereocenters. The molecule has 254 valence electrons. The molecule has 0 aliphatic rings. The van der Waals surface area contributed by atoms with Gasteiger partial charge in [-0.15, -0.1) is 0 Å². The van der Waals surface area contributed by atoms with Gasteiger partial charge in [0.15, 0.2) is 6.29 Å². The van der Waals surface area contributed by atoms with Gasteiger partial charge in [0.2, 0.25) is 11.8 Å². The summed E-state index contributed by atoms with van der Waals surface area (Å²) in [7, 11) is 0. The fourth-order valence-electron chi connectivity index (χ4n) is 4.28. The maximum absolute atomic E-state index is 14.0. The normalized spacial score (nSPS) is 12.7. The second-order valence-corrected chi connectivity index (χ2v) is 10.3. The van der Waals surface area contributed by atoms with Gasteiger partial charge < -0.3 is 40.2 Å². The van der Waals surface area contributed by atoms with E-state index in [1.54, 1.807) is 58.0 Å². The first-order valence-electron chi connectivity index (χ1n) is 14.7. The summed E-state index contributed by atoms with van der Waals surface area (Å²) in [6.45, 7) is 6.82. The molecule has 0 spiro atoms. The Morgan fingerprint density at radius 3 is 2.00 bits per heavy atom. The number of carboxylic acid groups (broad SMARTS) is 1. The number of benzene rings is 2. The zero-order chi connectivity index (χ0) is 34.3. The van der Waals surface area contributed by atoms with E-state index in [-0.39, 0.29) is 19.6 Å². The monoisotopic (exact) mass is 654 g/mol.